The second-order valence-electron chi connectivity index (χ2n) is 7.41. The van der Waals surface area contributed by atoms with E-state index in [2.05, 4.69) is 21.9 Å². The Hall–Kier alpha value is -1.44. The number of benzene rings is 1. The van der Waals surface area contributed by atoms with E-state index in [1.54, 1.807) is 12.1 Å². The summed E-state index contributed by atoms with van der Waals surface area (Å²) in [5, 5.41) is 2.92. The van der Waals surface area contributed by atoms with Crippen molar-refractivity contribution >= 4 is 15.9 Å². The van der Waals surface area contributed by atoms with Crippen LogP contribution in [0, 0.1) is 0 Å². The fourth-order valence-corrected chi connectivity index (χ4v) is 4.66. The van der Waals surface area contributed by atoms with E-state index in [1.165, 1.54) is 31.4 Å². The molecule has 0 aromatic heterocycles. The van der Waals surface area contributed by atoms with Crippen molar-refractivity contribution in [3.8, 4) is 0 Å². The van der Waals surface area contributed by atoms with E-state index in [0.717, 1.165) is 32.4 Å². The summed E-state index contributed by atoms with van der Waals surface area (Å²) in [6.07, 6.45) is 6.56. The predicted molar refractivity (Wildman–Crippen MR) is 102 cm³/mol. The van der Waals surface area contributed by atoms with Gasteiger partial charge in [0, 0.05) is 30.7 Å². The average molecular weight is 380 g/mol. The zero-order valence-electron chi connectivity index (χ0n) is 15.4. The van der Waals surface area contributed by atoms with Gasteiger partial charge in [0.2, 0.25) is 10.0 Å². The molecular weight excluding hydrogens is 350 g/mol. The van der Waals surface area contributed by atoms with Gasteiger partial charge >= 0.3 is 0 Å². The molecule has 0 bridgehead atoms. The van der Waals surface area contributed by atoms with Gasteiger partial charge in [0.1, 0.15) is 0 Å². The number of rotatable bonds is 8. The lowest BCUT2D eigenvalue weighted by atomic mass is 10.0. The number of amides is 1. The highest BCUT2D eigenvalue weighted by Crippen LogP contribution is 2.22. The van der Waals surface area contributed by atoms with E-state index in [0.29, 0.717) is 18.2 Å². The summed E-state index contributed by atoms with van der Waals surface area (Å²) in [5.41, 5.74) is 0.488. The summed E-state index contributed by atoms with van der Waals surface area (Å²) in [5.74, 6) is -0.157. The number of nitrogens with one attached hydrogen (secondary N) is 2. The Bertz CT molecular complexity index is 714. The summed E-state index contributed by atoms with van der Waals surface area (Å²) >= 11 is 0. The standard InChI is InChI=1S/C19H29N3O3S/c1-15-5-2-3-13-22(15)14-4-12-20-19(23)16-6-10-18(11-7-16)26(24,25)21-17-8-9-17/h6-7,10-11,15,17,21H,2-5,8-9,12-14H2,1H3,(H,20,23). The molecule has 1 unspecified atom stereocenters. The molecule has 2 N–H and O–H groups in total. The molecule has 1 amide bonds. The number of nitrogens with zero attached hydrogens (tertiary/aromatic N) is 1. The zero-order valence-corrected chi connectivity index (χ0v) is 16.2. The van der Waals surface area contributed by atoms with Crippen molar-refractivity contribution in [3.63, 3.8) is 0 Å². The van der Waals surface area contributed by atoms with Crippen molar-refractivity contribution in [1.29, 1.82) is 0 Å². The predicted octanol–water partition coefficient (Wildman–Crippen LogP) is 2.12. The van der Waals surface area contributed by atoms with Crippen LogP contribution in [0.1, 0.15) is 55.8 Å². The largest absolute Gasteiger partial charge is 0.352 e. The quantitative estimate of drug-likeness (QED) is 0.678. The van der Waals surface area contributed by atoms with Gasteiger partial charge in [0.05, 0.1) is 4.90 Å². The number of carbonyl (C=O) groups is 1. The van der Waals surface area contributed by atoms with Crippen molar-refractivity contribution < 1.29 is 13.2 Å². The van der Waals surface area contributed by atoms with Crippen LogP contribution in [0.25, 0.3) is 0 Å². The fourth-order valence-electron chi connectivity index (χ4n) is 3.35. The van der Waals surface area contributed by atoms with Crippen LogP contribution < -0.4 is 10.0 Å². The molecule has 7 heteroatoms. The SMILES string of the molecule is CC1CCCCN1CCCNC(=O)c1ccc(S(=O)(=O)NC2CC2)cc1. The second kappa shape index (κ2) is 8.50. The molecule has 1 saturated heterocycles. The third-order valence-corrected chi connectivity index (χ3v) is 6.71. The first kappa shape index (κ1) is 19.3. The maximum Gasteiger partial charge on any atom is 0.251 e. The van der Waals surface area contributed by atoms with Crippen molar-refractivity contribution in [2.24, 2.45) is 0 Å². The van der Waals surface area contributed by atoms with Crippen LogP contribution in [-0.4, -0.2) is 50.9 Å². The molecule has 3 rings (SSSR count). The van der Waals surface area contributed by atoms with Crippen LogP contribution in [0.2, 0.25) is 0 Å². The smallest absolute Gasteiger partial charge is 0.251 e. The van der Waals surface area contributed by atoms with E-state index in [-0.39, 0.29) is 16.8 Å². The summed E-state index contributed by atoms with van der Waals surface area (Å²) in [6.45, 7) is 5.06. The molecule has 2 fully saturated rings. The fraction of sp³-hybridized carbons (Fsp3) is 0.632. The first-order chi connectivity index (χ1) is 12.5. The molecule has 144 valence electrons. The molecule has 26 heavy (non-hydrogen) atoms. The topological polar surface area (TPSA) is 78.5 Å². The van der Waals surface area contributed by atoms with E-state index >= 15 is 0 Å². The van der Waals surface area contributed by atoms with Crippen LogP contribution in [0.3, 0.4) is 0 Å². The van der Waals surface area contributed by atoms with Gasteiger partial charge in [-0.25, -0.2) is 13.1 Å². The van der Waals surface area contributed by atoms with Crippen LogP contribution in [-0.2, 0) is 10.0 Å². The lowest BCUT2D eigenvalue weighted by Crippen LogP contribution is -2.39. The number of hydrogen-bond acceptors (Lipinski definition) is 4. The Morgan fingerprint density at radius 1 is 1.15 bits per heavy atom. The van der Waals surface area contributed by atoms with Crippen molar-refractivity contribution in [2.75, 3.05) is 19.6 Å². The molecule has 6 nitrogen and oxygen atoms in total. The minimum Gasteiger partial charge on any atom is -0.352 e. The monoisotopic (exact) mass is 379 g/mol. The number of piperidine rings is 1. The first-order valence-electron chi connectivity index (χ1n) is 9.60. The molecule has 1 atom stereocenters. The Kier molecular flexibility index (Phi) is 6.32. The lowest BCUT2D eigenvalue weighted by Gasteiger charge is -2.33. The second-order valence-corrected chi connectivity index (χ2v) is 9.12. The maximum absolute atomic E-state index is 12.2. The van der Waals surface area contributed by atoms with Crippen molar-refractivity contribution in [2.45, 2.75) is 62.4 Å². The Morgan fingerprint density at radius 2 is 1.88 bits per heavy atom. The van der Waals surface area contributed by atoms with Gasteiger partial charge in [-0.1, -0.05) is 6.42 Å². The molecule has 1 saturated carbocycles. The van der Waals surface area contributed by atoms with Crippen molar-refractivity contribution in [3.05, 3.63) is 29.8 Å². The van der Waals surface area contributed by atoms with Crippen LogP contribution >= 0.6 is 0 Å². The van der Waals surface area contributed by atoms with E-state index in [4.69, 9.17) is 0 Å². The average Bonchev–Trinajstić information content (AvgIpc) is 3.43. The highest BCUT2D eigenvalue weighted by Gasteiger charge is 2.28. The molecule has 0 radical (unpaired) electrons. The summed E-state index contributed by atoms with van der Waals surface area (Å²) in [6, 6.07) is 6.85. The number of sulfonamides is 1. The summed E-state index contributed by atoms with van der Waals surface area (Å²) in [4.78, 5) is 14.9. The van der Waals surface area contributed by atoms with Crippen LogP contribution in [0.4, 0.5) is 0 Å². The first-order valence-corrected chi connectivity index (χ1v) is 11.1. The number of likely N-dealkylation sites (tertiary alicyclic amines) is 1. The molecular formula is C19H29N3O3S. The molecule has 0 spiro atoms. The molecule has 1 aliphatic carbocycles. The minimum absolute atomic E-state index is 0.0746. The zero-order chi connectivity index (χ0) is 18.6. The van der Waals surface area contributed by atoms with Gasteiger partial charge in [-0.05, 0) is 69.8 Å². The normalized spacial score (nSPS) is 21.5. The van der Waals surface area contributed by atoms with Gasteiger partial charge in [0.25, 0.3) is 5.91 Å². The lowest BCUT2D eigenvalue weighted by molar-refractivity contribution is 0.0948. The van der Waals surface area contributed by atoms with Crippen LogP contribution in [0.5, 0.6) is 0 Å². The van der Waals surface area contributed by atoms with Crippen LogP contribution in [0.15, 0.2) is 29.2 Å². The van der Waals surface area contributed by atoms with Gasteiger partial charge in [-0.3, -0.25) is 4.79 Å². The third-order valence-electron chi connectivity index (χ3n) is 5.17. The van der Waals surface area contributed by atoms with Gasteiger partial charge in [0.15, 0.2) is 0 Å². The molecule has 1 aromatic rings. The van der Waals surface area contributed by atoms with Gasteiger partial charge < -0.3 is 10.2 Å². The summed E-state index contributed by atoms with van der Waals surface area (Å²) in [7, 11) is -3.47. The molecule has 1 aromatic carbocycles. The third kappa shape index (κ3) is 5.28. The van der Waals surface area contributed by atoms with Gasteiger partial charge in [-0.2, -0.15) is 0 Å². The Morgan fingerprint density at radius 3 is 2.54 bits per heavy atom. The van der Waals surface area contributed by atoms with E-state index < -0.39 is 10.0 Å². The number of hydrogen-bond donors (Lipinski definition) is 2. The maximum atomic E-state index is 12.2. The Labute approximate surface area is 156 Å². The minimum atomic E-state index is -3.47. The molecule has 1 aliphatic heterocycles. The Balaban J connectivity index is 1.44. The number of carbonyl (C=O) groups excluding carboxylic acids is 1. The molecule has 1 heterocycles. The van der Waals surface area contributed by atoms with Gasteiger partial charge in [-0.15, -0.1) is 0 Å². The molecule has 2 aliphatic rings. The van der Waals surface area contributed by atoms with E-state index in [9.17, 15) is 13.2 Å². The van der Waals surface area contributed by atoms with E-state index in [1.807, 2.05) is 0 Å². The highest BCUT2D eigenvalue weighted by atomic mass is 32.2. The van der Waals surface area contributed by atoms with Crippen molar-refractivity contribution in [1.82, 2.24) is 14.9 Å². The highest BCUT2D eigenvalue weighted by molar-refractivity contribution is 7.89. The summed E-state index contributed by atoms with van der Waals surface area (Å²) < 4.78 is 26.9.